The first-order valence-corrected chi connectivity index (χ1v) is 13.3. The highest BCUT2D eigenvalue weighted by atomic mass is 32.2. The van der Waals surface area contributed by atoms with E-state index in [1.165, 1.54) is 16.2 Å². The first kappa shape index (κ1) is 27.3. The number of carbonyl (C=O) groups is 1. The van der Waals surface area contributed by atoms with Crippen LogP contribution in [-0.4, -0.2) is 62.5 Å². The molecular formula is C25H34N4O4S2. The van der Waals surface area contributed by atoms with Crippen molar-refractivity contribution in [3.8, 4) is 0 Å². The number of thiocarbonyl (C=S) groups is 1. The Morgan fingerprint density at radius 1 is 1.29 bits per heavy atom. The van der Waals surface area contributed by atoms with E-state index in [9.17, 15) is 9.59 Å². The first-order chi connectivity index (χ1) is 16.9. The standard InChI is InChI=1S/C25H34N4O4S2/c1-4-6-7-18(5-2)16-29-24(32)20(35-25(29)34)14-19-22(26-10-12-33-13-11-30)27-21-9-8-17(3)15-28(21)23(19)31/h8-9,14-15,18,26,30H,4-7,10-13,16H2,1-3H3. The van der Waals surface area contributed by atoms with Crippen LogP contribution in [0.2, 0.25) is 0 Å². The molecule has 2 N–H and O–H groups in total. The van der Waals surface area contributed by atoms with Gasteiger partial charge in [0.05, 0.1) is 30.3 Å². The SMILES string of the molecule is CCCCC(CC)CN1C(=O)C(=Cc2c(NCCOCCO)nc3ccc(C)cn3c2=O)SC1=S. The van der Waals surface area contributed by atoms with Gasteiger partial charge in [-0.15, -0.1) is 0 Å². The molecule has 0 spiro atoms. The molecule has 1 atom stereocenters. The maximum Gasteiger partial charge on any atom is 0.267 e. The van der Waals surface area contributed by atoms with Crippen LogP contribution in [0.1, 0.15) is 50.7 Å². The minimum Gasteiger partial charge on any atom is -0.394 e. The Bertz CT molecular complexity index is 1150. The number of carbonyl (C=O) groups excluding carboxylic acids is 1. The second-order valence-corrected chi connectivity index (χ2v) is 10.3. The van der Waals surface area contributed by atoms with Gasteiger partial charge in [-0.1, -0.05) is 63.2 Å². The lowest BCUT2D eigenvalue weighted by molar-refractivity contribution is -0.122. The van der Waals surface area contributed by atoms with Gasteiger partial charge in [-0.05, 0) is 37.0 Å². The lowest BCUT2D eigenvalue weighted by Gasteiger charge is -2.21. The Balaban J connectivity index is 1.93. The highest BCUT2D eigenvalue weighted by molar-refractivity contribution is 8.26. The minimum absolute atomic E-state index is 0.0562. The summed E-state index contributed by atoms with van der Waals surface area (Å²) >= 11 is 6.76. The van der Waals surface area contributed by atoms with Gasteiger partial charge >= 0.3 is 0 Å². The van der Waals surface area contributed by atoms with E-state index in [2.05, 4.69) is 24.1 Å². The van der Waals surface area contributed by atoms with Gasteiger partial charge in [0.25, 0.3) is 11.5 Å². The lowest BCUT2D eigenvalue weighted by Crippen LogP contribution is -2.33. The summed E-state index contributed by atoms with van der Waals surface area (Å²) in [6, 6.07) is 3.68. The number of nitrogens with zero attached hydrogens (tertiary/aromatic N) is 3. The average Bonchev–Trinajstić information content (AvgIpc) is 3.11. The second kappa shape index (κ2) is 13.2. The van der Waals surface area contributed by atoms with E-state index in [0.29, 0.717) is 51.9 Å². The third-order valence-electron chi connectivity index (χ3n) is 5.91. The predicted octanol–water partition coefficient (Wildman–Crippen LogP) is 3.84. The molecule has 1 amide bonds. The first-order valence-electron chi connectivity index (χ1n) is 12.1. The number of pyridine rings is 1. The summed E-state index contributed by atoms with van der Waals surface area (Å²) < 4.78 is 7.33. The number of rotatable bonds is 13. The summed E-state index contributed by atoms with van der Waals surface area (Å²) in [5.74, 6) is 0.607. The van der Waals surface area contributed by atoms with E-state index in [4.69, 9.17) is 22.1 Å². The second-order valence-electron chi connectivity index (χ2n) is 8.59. The molecule has 3 rings (SSSR count). The number of amides is 1. The van der Waals surface area contributed by atoms with Gasteiger partial charge in [-0.2, -0.15) is 0 Å². The zero-order chi connectivity index (χ0) is 25.4. The van der Waals surface area contributed by atoms with Crippen LogP contribution in [-0.2, 0) is 9.53 Å². The maximum absolute atomic E-state index is 13.4. The number of hydrogen-bond acceptors (Lipinski definition) is 8. The molecule has 0 aromatic carbocycles. The number of fused-ring (bicyclic) bond motifs is 1. The van der Waals surface area contributed by atoms with E-state index in [1.807, 2.05) is 13.0 Å². The smallest absolute Gasteiger partial charge is 0.267 e. The minimum atomic E-state index is -0.267. The van der Waals surface area contributed by atoms with Gasteiger partial charge in [0, 0.05) is 19.3 Å². The molecule has 35 heavy (non-hydrogen) atoms. The Morgan fingerprint density at radius 2 is 2.09 bits per heavy atom. The molecule has 0 aliphatic carbocycles. The molecule has 1 aliphatic rings. The molecule has 0 saturated carbocycles. The average molecular weight is 519 g/mol. The van der Waals surface area contributed by atoms with Gasteiger partial charge in [0.15, 0.2) is 0 Å². The largest absolute Gasteiger partial charge is 0.394 e. The van der Waals surface area contributed by atoms with Crippen molar-refractivity contribution in [2.24, 2.45) is 5.92 Å². The van der Waals surface area contributed by atoms with Gasteiger partial charge in [-0.25, -0.2) is 4.98 Å². The molecule has 2 aromatic heterocycles. The maximum atomic E-state index is 13.4. The summed E-state index contributed by atoms with van der Waals surface area (Å²) in [6.07, 6.45) is 7.63. The Morgan fingerprint density at radius 3 is 2.80 bits per heavy atom. The van der Waals surface area contributed by atoms with Crippen LogP contribution in [0.25, 0.3) is 11.7 Å². The Hall–Kier alpha value is -2.27. The third kappa shape index (κ3) is 6.91. The molecule has 190 valence electrons. The van der Waals surface area contributed by atoms with Crippen LogP contribution in [0.3, 0.4) is 0 Å². The lowest BCUT2D eigenvalue weighted by atomic mass is 9.99. The number of nitrogens with one attached hydrogen (secondary N) is 1. The van der Waals surface area contributed by atoms with Crippen molar-refractivity contribution in [3.05, 3.63) is 44.7 Å². The molecule has 1 fully saturated rings. The quantitative estimate of drug-likeness (QED) is 0.235. The van der Waals surface area contributed by atoms with E-state index < -0.39 is 0 Å². The Labute approximate surface area is 215 Å². The van der Waals surface area contributed by atoms with Crippen molar-refractivity contribution in [1.29, 1.82) is 0 Å². The molecule has 8 nitrogen and oxygen atoms in total. The van der Waals surface area contributed by atoms with Gasteiger partial charge < -0.3 is 15.2 Å². The monoisotopic (exact) mass is 518 g/mol. The summed E-state index contributed by atoms with van der Waals surface area (Å²) in [5.41, 5.74) is 1.46. The van der Waals surface area contributed by atoms with Crippen molar-refractivity contribution in [2.75, 3.05) is 38.2 Å². The van der Waals surface area contributed by atoms with Gasteiger partial charge in [0.2, 0.25) is 0 Å². The molecule has 2 aromatic rings. The number of hydrogen-bond donors (Lipinski definition) is 2. The van der Waals surface area contributed by atoms with E-state index in [0.717, 1.165) is 31.2 Å². The normalized spacial score (nSPS) is 16.0. The van der Waals surface area contributed by atoms with E-state index in [1.54, 1.807) is 23.2 Å². The third-order valence-corrected chi connectivity index (χ3v) is 7.29. The highest BCUT2D eigenvalue weighted by Crippen LogP contribution is 2.34. The van der Waals surface area contributed by atoms with E-state index in [-0.39, 0.29) is 24.7 Å². The summed E-state index contributed by atoms with van der Waals surface area (Å²) in [6.45, 7) is 7.72. The van der Waals surface area contributed by atoms with Crippen molar-refractivity contribution in [1.82, 2.24) is 14.3 Å². The van der Waals surface area contributed by atoms with E-state index >= 15 is 0 Å². The van der Waals surface area contributed by atoms with Crippen LogP contribution in [0, 0.1) is 12.8 Å². The molecule has 0 radical (unpaired) electrons. The zero-order valence-electron chi connectivity index (χ0n) is 20.6. The van der Waals surface area contributed by atoms with Crippen molar-refractivity contribution >= 4 is 51.7 Å². The van der Waals surface area contributed by atoms with Crippen molar-refractivity contribution in [3.63, 3.8) is 0 Å². The molecular weight excluding hydrogens is 484 g/mol. The number of thioether (sulfide) groups is 1. The van der Waals surface area contributed by atoms with Gasteiger partial charge in [0.1, 0.15) is 15.8 Å². The number of aliphatic hydroxyl groups is 1. The van der Waals surface area contributed by atoms with Crippen molar-refractivity contribution < 1.29 is 14.6 Å². The molecule has 3 heterocycles. The molecule has 10 heteroatoms. The Kier molecular flexibility index (Phi) is 10.3. The van der Waals surface area contributed by atoms with Crippen LogP contribution in [0.5, 0.6) is 0 Å². The summed E-state index contributed by atoms with van der Waals surface area (Å²) in [4.78, 5) is 33.4. The zero-order valence-corrected chi connectivity index (χ0v) is 22.2. The molecule has 1 unspecified atom stereocenters. The van der Waals surface area contributed by atoms with Gasteiger partial charge in [-0.3, -0.25) is 18.9 Å². The van der Waals surface area contributed by atoms with Crippen molar-refractivity contribution in [2.45, 2.75) is 46.5 Å². The number of ether oxygens (including phenoxy) is 1. The number of unbranched alkanes of at least 4 members (excludes halogenated alkanes) is 1. The number of aryl methyl sites for hydroxylation is 1. The molecule has 1 saturated heterocycles. The highest BCUT2D eigenvalue weighted by Gasteiger charge is 2.33. The molecule has 0 bridgehead atoms. The number of aromatic nitrogens is 2. The molecule has 1 aliphatic heterocycles. The summed E-state index contributed by atoms with van der Waals surface area (Å²) in [5, 5.41) is 12.0. The fraction of sp³-hybridized carbons (Fsp3) is 0.520. The number of anilines is 1. The van der Waals surface area contributed by atoms with Crippen LogP contribution < -0.4 is 10.9 Å². The predicted molar refractivity (Wildman–Crippen MR) is 146 cm³/mol. The fourth-order valence-electron chi connectivity index (χ4n) is 3.90. The van der Waals surface area contributed by atoms with Crippen LogP contribution in [0.15, 0.2) is 28.0 Å². The summed E-state index contributed by atoms with van der Waals surface area (Å²) in [7, 11) is 0. The number of aliphatic hydroxyl groups excluding tert-OH is 1. The fourth-order valence-corrected chi connectivity index (χ4v) is 5.15. The van der Waals surface area contributed by atoms with Crippen LogP contribution in [0.4, 0.5) is 5.82 Å². The topological polar surface area (TPSA) is 96.2 Å². The van der Waals surface area contributed by atoms with Crippen LogP contribution >= 0.6 is 24.0 Å².